The standard InChI is InChI=1S/C23H22N4O5/c28-21(29)9-20(22(30)24-10-14-11-25-26-12-14)27-23(31)32-13-19-17-7-3-1-5-15(17)16-6-2-4-8-18(16)19/h1-8,11-12,19-20H,9-10,13H2,(H,24,30)(H,25,26)(H,27,31)(H,28,29). The Kier molecular flexibility index (Phi) is 6.16. The van der Waals surface area contributed by atoms with Crippen LogP contribution in [0.15, 0.2) is 60.9 Å². The van der Waals surface area contributed by atoms with Gasteiger partial charge in [0.25, 0.3) is 0 Å². The first-order valence-electron chi connectivity index (χ1n) is 10.1. The second-order valence-corrected chi connectivity index (χ2v) is 7.44. The van der Waals surface area contributed by atoms with Crippen molar-refractivity contribution in [2.24, 2.45) is 0 Å². The maximum absolute atomic E-state index is 12.4. The highest BCUT2D eigenvalue weighted by Crippen LogP contribution is 2.44. The van der Waals surface area contributed by atoms with Crippen LogP contribution in [0.2, 0.25) is 0 Å². The third kappa shape index (κ3) is 4.61. The summed E-state index contributed by atoms with van der Waals surface area (Å²) < 4.78 is 5.41. The number of aromatic amines is 1. The van der Waals surface area contributed by atoms with Crippen molar-refractivity contribution in [3.8, 4) is 11.1 Å². The van der Waals surface area contributed by atoms with Gasteiger partial charge < -0.3 is 20.5 Å². The molecule has 9 heteroatoms. The third-order valence-corrected chi connectivity index (χ3v) is 5.35. The molecule has 3 aromatic rings. The number of aliphatic carboxylic acids is 1. The number of nitrogens with one attached hydrogen (secondary N) is 3. The second kappa shape index (κ2) is 9.34. The van der Waals surface area contributed by atoms with Gasteiger partial charge in [-0.1, -0.05) is 48.5 Å². The number of benzene rings is 2. The predicted octanol–water partition coefficient (Wildman–Crippen LogP) is 2.41. The molecule has 0 fully saturated rings. The number of alkyl carbamates (subject to hydrolysis) is 1. The van der Waals surface area contributed by atoms with E-state index in [4.69, 9.17) is 9.84 Å². The van der Waals surface area contributed by atoms with Crippen molar-refractivity contribution in [3.05, 3.63) is 77.6 Å². The van der Waals surface area contributed by atoms with Gasteiger partial charge in [-0.05, 0) is 22.3 Å². The Morgan fingerprint density at radius 2 is 1.72 bits per heavy atom. The first kappa shape index (κ1) is 21.1. The van der Waals surface area contributed by atoms with Gasteiger partial charge in [-0.2, -0.15) is 5.10 Å². The number of fused-ring (bicyclic) bond motifs is 3. The quantitative estimate of drug-likeness (QED) is 0.430. The number of ether oxygens (including phenoxy) is 1. The third-order valence-electron chi connectivity index (χ3n) is 5.35. The SMILES string of the molecule is O=C(O)CC(NC(=O)OCC1c2ccccc2-c2ccccc21)C(=O)NCc1cn[nH]c1. The molecule has 1 aromatic heterocycles. The molecule has 0 saturated carbocycles. The molecule has 0 aliphatic heterocycles. The van der Waals surface area contributed by atoms with Gasteiger partial charge in [-0.3, -0.25) is 14.7 Å². The summed E-state index contributed by atoms with van der Waals surface area (Å²) in [5.74, 6) is -1.98. The van der Waals surface area contributed by atoms with Gasteiger partial charge in [0.05, 0.1) is 12.6 Å². The molecule has 1 heterocycles. The number of nitrogens with zero attached hydrogens (tertiary/aromatic N) is 1. The zero-order valence-electron chi connectivity index (χ0n) is 17.1. The maximum Gasteiger partial charge on any atom is 0.407 e. The Morgan fingerprint density at radius 1 is 1.06 bits per heavy atom. The van der Waals surface area contributed by atoms with E-state index in [0.29, 0.717) is 5.56 Å². The lowest BCUT2D eigenvalue weighted by molar-refractivity contribution is -0.139. The van der Waals surface area contributed by atoms with Gasteiger partial charge >= 0.3 is 12.1 Å². The molecule has 0 radical (unpaired) electrons. The average Bonchev–Trinajstić information content (AvgIpc) is 3.41. The van der Waals surface area contributed by atoms with Crippen LogP contribution in [0.1, 0.15) is 29.0 Å². The predicted molar refractivity (Wildman–Crippen MR) is 115 cm³/mol. The number of hydrogen-bond donors (Lipinski definition) is 4. The van der Waals surface area contributed by atoms with Crippen LogP contribution >= 0.6 is 0 Å². The Labute approximate surface area is 183 Å². The van der Waals surface area contributed by atoms with Crippen LogP contribution in [0.3, 0.4) is 0 Å². The van der Waals surface area contributed by atoms with Gasteiger partial charge in [0.15, 0.2) is 0 Å². The van der Waals surface area contributed by atoms with Crippen LogP contribution < -0.4 is 10.6 Å². The summed E-state index contributed by atoms with van der Waals surface area (Å²) in [6.07, 6.45) is 1.72. The van der Waals surface area contributed by atoms with Gasteiger partial charge in [0.2, 0.25) is 5.91 Å². The minimum atomic E-state index is -1.27. The highest BCUT2D eigenvalue weighted by molar-refractivity contribution is 5.89. The molecule has 4 rings (SSSR count). The van der Waals surface area contributed by atoms with Crippen molar-refractivity contribution in [1.82, 2.24) is 20.8 Å². The Bertz CT molecular complexity index is 1080. The number of H-pyrrole nitrogens is 1. The fraction of sp³-hybridized carbons (Fsp3) is 0.217. The Balaban J connectivity index is 1.39. The smallest absolute Gasteiger partial charge is 0.407 e. The van der Waals surface area contributed by atoms with Crippen LogP contribution in [0.4, 0.5) is 4.79 Å². The summed E-state index contributed by atoms with van der Waals surface area (Å²) in [4.78, 5) is 36.0. The van der Waals surface area contributed by atoms with Gasteiger partial charge in [-0.15, -0.1) is 0 Å². The molecule has 9 nitrogen and oxygen atoms in total. The van der Waals surface area contributed by atoms with E-state index in [2.05, 4.69) is 20.8 Å². The van der Waals surface area contributed by atoms with Crippen LogP contribution in [0, 0.1) is 0 Å². The number of rotatable bonds is 8. The van der Waals surface area contributed by atoms with Crippen molar-refractivity contribution in [2.45, 2.75) is 24.9 Å². The van der Waals surface area contributed by atoms with Crippen molar-refractivity contribution in [1.29, 1.82) is 0 Å². The lowest BCUT2D eigenvalue weighted by Crippen LogP contribution is -2.48. The number of carboxylic acids is 1. The van der Waals surface area contributed by atoms with E-state index in [1.165, 1.54) is 6.20 Å². The summed E-state index contributed by atoms with van der Waals surface area (Å²) in [6.45, 7) is 0.216. The molecule has 164 valence electrons. The molecule has 2 aromatic carbocycles. The summed E-state index contributed by atoms with van der Waals surface area (Å²) >= 11 is 0. The number of aromatic nitrogens is 2. The van der Waals surface area contributed by atoms with Crippen molar-refractivity contribution >= 4 is 18.0 Å². The van der Waals surface area contributed by atoms with Crippen molar-refractivity contribution < 1.29 is 24.2 Å². The molecular weight excluding hydrogens is 412 g/mol. The maximum atomic E-state index is 12.4. The first-order chi connectivity index (χ1) is 15.5. The molecule has 4 N–H and O–H groups in total. The molecule has 32 heavy (non-hydrogen) atoms. The fourth-order valence-electron chi connectivity index (χ4n) is 3.85. The zero-order chi connectivity index (χ0) is 22.5. The Morgan fingerprint density at radius 3 is 2.31 bits per heavy atom. The fourth-order valence-corrected chi connectivity index (χ4v) is 3.85. The molecule has 0 spiro atoms. The molecule has 0 saturated heterocycles. The van der Waals surface area contributed by atoms with E-state index in [1.807, 2.05) is 48.5 Å². The highest BCUT2D eigenvalue weighted by Gasteiger charge is 2.30. The number of carbonyl (C=O) groups excluding carboxylic acids is 2. The van der Waals surface area contributed by atoms with Crippen LogP contribution in [-0.2, 0) is 20.9 Å². The number of amides is 2. The molecule has 1 atom stereocenters. The van der Waals surface area contributed by atoms with Gasteiger partial charge in [-0.25, -0.2) is 4.79 Å². The minimum absolute atomic E-state index is 0.0658. The van der Waals surface area contributed by atoms with Gasteiger partial charge in [0.1, 0.15) is 12.6 Å². The van der Waals surface area contributed by atoms with Crippen LogP contribution in [-0.4, -0.2) is 45.9 Å². The molecule has 0 bridgehead atoms. The van der Waals surface area contributed by atoms with Crippen molar-refractivity contribution in [3.63, 3.8) is 0 Å². The molecular formula is C23H22N4O5. The van der Waals surface area contributed by atoms with Crippen LogP contribution in [0.25, 0.3) is 11.1 Å². The number of hydrogen-bond acceptors (Lipinski definition) is 5. The van der Waals surface area contributed by atoms with E-state index in [9.17, 15) is 14.4 Å². The van der Waals surface area contributed by atoms with Gasteiger partial charge in [0, 0.05) is 24.2 Å². The molecule has 1 aliphatic carbocycles. The molecule has 1 unspecified atom stereocenters. The van der Waals surface area contributed by atoms with Crippen molar-refractivity contribution in [2.75, 3.05) is 6.61 Å². The lowest BCUT2D eigenvalue weighted by Gasteiger charge is -2.18. The zero-order valence-corrected chi connectivity index (χ0v) is 17.1. The van der Waals surface area contributed by atoms with E-state index in [0.717, 1.165) is 22.3 Å². The van der Waals surface area contributed by atoms with Crippen LogP contribution in [0.5, 0.6) is 0 Å². The van der Waals surface area contributed by atoms with E-state index in [-0.39, 0.29) is 19.1 Å². The van der Waals surface area contributed by atoms with E-state index >= 15 is 0 Å². The molecule has 2 amide bonds. The Hall–Kier alpha value is -4.14. The number of carbonyl (C=O) groups is 3. The second-order valence-electron chi connectivity index (χ2n) is 7.44. The minimum Gasteiger partial charge on any atom is -0.481 e. The first-order valence-corrected chi connectivity index (χ1v) is 10.1. The largest absolute Gasteiger partial charge is 0.481 e. The topological polar surface area (TPSA) is 133 Å². The summed E-state index contributed by atoms with van der Waals surface area (Å²) in [5, 5.41) is 20.5. The summed E-state index contributed by atoms with van der Waals surface area (Å²) in [6, 6.07) is 14.6. The molecule has 1 aliphatic rings. The average molecular weight is 434 g/mol. The summed E-state index contributed by atoms with van der Waals surface area (Å²) in [7, 11) is 0. The number of carboxylic acid groups (broad SMARTS) is 1. The lowest BCUT2D eigenvalue weighted by atomic mass is 9.98. The monoisotopic (exact) mass is 434 g/mol. The normalized spacial score (nSPS) is 13.0. The van der Waals surface area contributed by atoms with E-state index in [1.54, 1.807) is 6.20 Å². The highest BCUT2D eigenvalue weighted by atomic mass is 16.5. The van der Waals surface area contributed by atoms with E-state index < -0.39 is 30.4 Å². The summed E-state index contributed by atoms with van der Waals surface area (Å²) in [5.41, 5.74) is 5.02.